The van der Waals surface area contributed by atoms with Gasteiger partial charge in [-0.05, 0) is 58.8 Å². The van der Waals surface area contributed by atoms with Gasteiger partial charge in [-0.3, -0.25) is 0 Å². The molecule has 0 aliphatic heterocycles. The van der Waals surface area contributed by atoms with Gasteiger partial charge in [-0.1, -0.05) is 18.2 Å². The molecule has 1 heterocycles. The molecule has 3 rings (SSSR count). The summed E-state index contributed by atoms with van der Waals surface area (Å²) in [7, 11) is 0. The standard InChI is InChI=1S/C16H26N4OS/c1-10(2)20(11(3)4)16(21)19-9-17-15(18-19)22-14-8-12-5-6-13(14)7-12/h9-14H,5-8H2,1-4H3/t12-,13+,14+/m0/s1. The number of nitrogens with zero attached hydrogens (tertiary/aromatic N) is 4. The SMILES string of the molecule is CC(C)N(C(=O)n1cnc(S[C@@H]2C[C@H]3CC[C@@H]2C3)n1)C(C)C. The molecule has 1 aromatic heterocycles. The molecule has 0 radical (unpaired) electrons. The Balaban J connectivity index is 1.67. The third kappa shape index (κ3) is 3.03. The van der Waals surface area contributed by atoms with Crippen molar-refractivity contribution in [3.05, 3.63) is 6.33 Å². The average Bonchev–Trinajstić information content (AvgIpc) is 3.13. The molecule has 0 aromatic carbocycles. The third-order valence-corrected chi connectivity index (χ3v) is 6.21. The van der Waals surface area contributed by atoms with Gasteiger partial charge in [-0.2, -0.15) is 4.68 Å². The Labute approximate surface area is 136 Å². The second-order valence-electron chi connectivity index (χ2n) is 7.18. The molecule has 0 unspecified atom stereocenters. The summed E-state index contributed by atoms with van der Waals surface area (Å²) in [6, 6.07) is 0.217. The van der Waals surface area contributed by atoms with E-state index >= 15 is 0 Å². The minimum atomic E-state index is -0.0858. The molecule has 5 nitrogen and oxygen atoms in total. The van der Waals surface area contributed by atoms with Gasteiger partial charge in [-0.25, -0.2) is 9.78 Å². The van der Waals surface area contributed by atoms with Crippen molar-refractivity contribution in [2.75, 3.05) is 0 Å². The molecule has 0 N–H and O–H groups in total. The first-order chi connectivity index (χ1) is 10.5. The minimum Gasteiger partial charge on any atom is -0.318 e. The van der Waals surface area contributed by atoms with E-state index in [-0.39, 0.29) is 18.1 Å². The van der Waals surface area contributed by atoms with Gasteiger partial charge < -0.3 is 4.90 Å². The van der Waals surface area contributed by atoms with Gasteiger partial charge in [0.15, 0.2) is 0 Å². The highest BCUT2D eigenvalue weighted by Gasteiger charge is 2.40. The molecule has 0 saturated heterocycles. The summed E-state index contributed by atoms with van der Waals surface area (Å²) >= 11 is 1.77. The van der Waals surface area contributed by atoms with Gasteiger partial charge in [0.2, 0.25) is 5.16 Å². The summed E-state index contributed by atoms with van der Waals surface area (Å²) < 4.78 is 1.40. The lowest BCUT2D eigenvalue weighted by atomic mass is 10.0. The molecule has 22 heavy (non-hydrogen) atoms. The fourth-order valence-electron chi connectivity index (χ4n) is 4.02. The topological polar surface area (TPSA) is 51.0 Å². The highest BCUT2D eigenvalue weighted by Crippen LogP contribution is 2.50. The molecule has 6 heteroatoms. The zero-order valence-corrected chi connectivity index (χ0v) is 14.7. The van der Waals surface area contributed by atoms with Crippen molar-refractivity contribution in [3.8, 4) is 0 Å². The molecule has 2 bridgehead atoms. The molecule has 3 atom stereocenters. The Morgan fingerprint density at radius 2 is 2.00 bits per heavy atom. The first-order valence-electron chi connectivity index (χ1n) is 8.36. The molecule has 2 fully saturated rings. The van der Waals surface area contributed by atoms with Crippen LogP contribution in [-0.4, -0.2) is 43.0 Å². The lowest BCUT2D eigenvalue weighted by Gasteiger charge is -2.29. The van der Waals surface area contributed by atoms with E-state index in [0.29, 0.717) is 5.25 Å². The minimum absolute atomic E-state index is 0.0858. The van der Waals surface area contributed by atoms with Crippen LogP contribution in [0.3, 0.4) is 0 Å². The van der Waals surface area contributed by atoms with Crippen LogP contribution in [0.4, 0.5) is 4.79 Å². The Hall–Kier alpha value is -1.04. The quantitative estimate of drug-likeness (QED) is 0.849. The van der Waals surface area contributed by atoms with Crippen molar-refractivity contribution in [2.24, 2.45) is 11.8 Å². The van der Waals surface area contributed by atoms with Gasteiger partial charge in [0, 0.05) is 17.3 Å². The summed E-state index contributed by atoms with van der Waals surface area (Å²) in [6.45, 7) is 8.11. The number of fused-ring (bicyclic) bond motifs is 2. The van der Waals surface area contributed by atoms with E-state index in [9.17, 15) is 4.79 Å². The Bertz CT molecular complexity index is 534. The molecular formula is C16H26N4OS. The second kappa shape index (κ2) is 6.22. The third-order valence-electron chi connectivity index (χ3n) is 4.93. The van der Waals surface area contributed by atoms with Crippen molar-refractivity contribution < 1.29 is 4.79 Å². The van der Waals surface area contributed by atoms with Crippen molar-refractivity contribution >= 4 is 17.8 Å². The zero-order chi connectivity index (χ0) is 15.9. The number of aromatic nitrogens is 3. The Kier molecular flexibility index (Phi) is 4.48. The van der Waals surface area contributed by atoms with E-state index in [1.165, 1.54) is 30.4 Å². The smallest absolute Gasteiger partial charge is 0.318 e. The molecule has 2 aliphatic rings. The largest absolute Gasteiger partial charge is 0.346 e. The molecule has 2 saturated carbocycles. The summed E-state index contributed by atoms with van der Waals surface area (Å²) in [5.41, 5.74) is 0. The predicted molar refractivity (Wildman–Crippen MR) is 88.0 cm³/mol. The number of hydrogen-bond acceptors (Lipinski definition) is 4. The summed E-state index contributed by atoms with van der Waals surface area (Å²) in [5.74, 6) is 1.75. The summed E-state index contributed by atoms with van der Waals surface area (Å²) in [4.78, 5) is 18.8. The molecular weight excluding hydrogens is 296 g/mol. The second-order valence-corrected chi connectivity index (χ2v) is 8.39. The first kappa shape index (κ1) is 15.8. The lowest BCUT2D eigenvalue weighted by molar-refractivity contribution is 0.163. The maximum atomic E-state index is 12.6. The van der Waals surface area contributed by atoms with E-state index in [0.717, 1.165) is 17.0 Å². The maximum absolute atomic E-state index is 12.6. The van der Waals surface area contributed by atoms with Gasteiger partial charge in [0.1, 0.15) is 6.33 Å². The Morgan fingerprint density at radius 3 is 2.55 bits per heavy atom. The normalized spacial score (nSPS) is 27.1. The monoisotopic (exact) mass is 322 g/mol. The summed E-state index contributed by atoms with van der Waals surface area (Å²) in [6.07, 6.45) is 7.00. The fraction of sp³-hybridized carbons (Fsp3) is 0.812. The van der Waals surface area contributed by atoms with E-state index < -0.39 is 0 Å². The highest BCUT2D eigenvalue weighted by atomic mass is 32.2. The number of hydrogen-bond donors (Lipinski definition) is 0. The highest BCUT2D eigenvalue weighted by molar-refractivity contribution is 7.99. The molecule has 1 amide bonds. The molecule has 122 valence electrons. The van der Waals surface area contributed by atoms with Crippen LogP contribution in [0.2, 0.25) is 0 Å². The molecule has 2 aliphatic carbocycles. The van der Waals surface area contributed by atoms with Crippen molar-refractivity contribution in [2.45, 2.75) is 75.9 Å². The molecule has 0 spiro atoms. The van der Waals surface area contributed by atoms with E-state index in [2.05, 4.69) is 10.1 Å². The van der Waals surface area contributed by atoms with Crippen LogP contribution in [0.15, 0.2) is 11.5 Å². The number of rotatable bonds is 4. The average molecular weight is 322 g/mol. The van der Waals surface area contributed by atoms with Gasteiger partial charge in [0.05, 0.1) is 0 Å². The van der Waals surface area contributed by atoms with Gasteiger partial charge in [0.25, 0.3) is 0 Å². The van der Waals surface area contributed by atoms with Gasteiger partial charge >= 0.3 is 6.03 Å². The number of thioether (sulfide) groups is 1. The number of amides is 1. The van der Waals surface area contributed by atoms with Crippen molar-refractivity contribution in [3.63, 3.8) is 0 Å². The van der Waals surface area contributed by atoms with E-state index in [1.807, 2.05) is 32.6 Å². The van der Waals surface area contributed by atoms with Crippen LogP contribution in [0, 0.1) is 11.8 Å². The van der Waals surface area contributed by atoms with E-state index in [4.69, 9.17) is 0 Å². The van der Waals surface area contributed by atoms with Crippen molar-refractivity contribution in [1.29, 1.82) is 0 Å². The van der Waals surface area contributed by atoms with Crippen LogP contribution in [-0.2, 0) is 0 Å². The maximum Gasteiger partial charge on any atom is 0.346 e. The van der Waals surface area contributed by atoms with Crippen LogP contribution < -0.4 is 0 Å². The van der Waals surface area contributed by atoms with Crippen LogP contribution in [0.1, 0.15) is 53.4 Å². The zero-order valence-electron chi connectivity index (χ0n) is 13.9. The van der Waals surface area contributed by atoms with Crippen LogP contribution in [0.5, 0.6) is 0 Å². The fourth-order valence-corrected chi connectivity index (χ4v) is 5.34. The number of carbonyl (C=O) groups is 1. The first-order valence-corrected chi connectivity index (χ1v) is 9.24. The molecule has 1 aromatic rings. The van der Waals surface area contributed by atoms with Crippen LogP contribution in [0.25, 0.3) is 0 Å². The summed E-state index contributed by atoms with van der Waals surface area (Å²) in [5, 5.41) is 5.82. The Morgan fingerprint density at radius 1 is 1.27 bits per heavy atom. The lowest BCUT2D eigenvalue weighted by Crippen LogP contribution is -2.44. The van der Waals surface area contributed by atoms with E-state index in [1.54, 1.807) is 18.1 Å². The van der Waals surface area contributed by atoms with Crippen LogP contribution >= 0.6 is 11.8 Å². The van der Waals surface area contributed by atoms with Gasteiger partial charge in [-0.15, -0.1) is 5.10 Å². The van der Waals surface area contributed by atoms with Crippen molar-refractivity contribution in [1.82, 2.24) is 19.7 Å². The predicted octanol–water partition coefficient (Wildman–Crippen LogP) is 3.65. The number of carbonyl (C=O) groups excluding carboxylic acids is 1.